The Labute approximate surface area is 104 Å². The van der Waals surface area contributed by atoms with Gasteiger partial charge in [-0.2, -0.15) is 13.2 Å². The quantitative estimate of drug-likeness (QED) is 0.875. The van der Waals surface area contributed by atoms with E-state index in [4.69, 9.17) is 0 Å². The molecule has 1 N–H and O–H groups in total. The molecule has 0 bridgehead atoms. The predicted octanol–water partition coefficient (Wildman–Crippen LogP) is 3.94. The van der Waals surface area contributed by atoms with Crippen molar-refractivity contribution in [2.24, 2.45) is 11.8 Å². The second kappa shape index (κ2) is 5.42. The first-order valence-corrected chi connectivity index (χ1v) is 5.70. The van der Waals surface area contributed by atoms with E-state index in [1.807, 2.05) is 13.8 Å². The molecule has 18 heavy (non-hydrogen) atoms. The third kappa shape index (κ3) is 3.75. The predicted molar refractivity (Wildman–Crippen MR) is 64.1 cm³/mol. The van der Waals surface area contributed by atoms with Crippen molar-refractivity contribution in [1.82, 2.24) is 0 Å². The van der Waals surface area contributed by atoms with Crippen molar-refractivity contribution in [2.45, 2.75) is 26.9 Å². The van der Waals surface area contributed by atoms with Crippen LogP contribution in [0.5, 0.6) is 0 Å². The van der Waals surface area contributed by atoms with Gasteiger partial charge in [-0.3, -0.25) is 4.79 Å². The Bertz CT molecular complexity index is 426. The number of hydrogen-bond donors (Lipinski definition) is 1. The van der Waals surface area contributed by atoms with E-state index in [0.29, 0.717) is 0 Å². The number of carbonyl (C=O) groups excluding carboxylic acids is 1. The summed E-state index contributed by atoms with van der Waals surface area (Å²) in [7, 11) is 0. The topological polar surface area (TPSA) is 29.1 Å². The zero-order chi connectivity index (χ0) is 13.9. The van der Waals surface area contributed by atoms with E-state index in [2.05, 4.69) is 5.32 Å². The standard InChI is InChI=1S/C13H16F3NO/c1-8(2)9(3)12(18)17-11-6-4-5-10(7-11)13(14,15)16/h4-9H,1-3H3,(H,17,18). The van der Waals surface area contributed by atoms with E-state index in [9.17, 15) is 18.0 Å². The fraction of sp³-hybridized carbons (Fsp3) is 0.462. The van der Waals surface area contributed by atoms with Crippen LogP contribution in [0.4, 0.5) is 18.9 Å². The maximum absolute atomic E-state index is 12.5. The van der Waals surface area contributed by atoms with Gasteiger partial charge < -0.3 is 5.32 Å². The Balaban J connectivity index is 2.83. The molecule has 1 aromatic carbocycles. The van der Waals surface area contributed by atoms with Gasteiger partial charge in [-0.05, 0) is 24.1 Å². The van der Waals surface area contributed by atoms with Crippen LogP contribution in [0.15, 0.2) is 24.3 Å². The Morgan fingerprint density at radius 2 is 1.83 bits per heavy atom. The number of carbonyl (C=O) groups is 1. The zero-order valence-electron chi connectivity index (χ0n) is 10.5. The first-order valence-electron chi connectivity index (χ1n) is 5.70. The summed E-state index contributed by atoms with van der Waals surface area (Å²) in [5, 5.41) is 2.50. The molecule has 0 radical (unpaired) electrons. The van der Waals surface area contributed by atoms with Crippen LogP contribution in [0.1, 0.15) is 26.3 Å². The molecule has 0 aliphatic heterocycles. The number of benzene rings is 1. The molecule has 100 valence electrons. The number of nitrogens with one attached hydrogen (secondary N) is 1. The Kier molecular flexibility index (Phi) is 4.38. The van der Waals surface area contributed by atoms with Crippen LogP contribution in [0.2, 0.25) is 0 Å². The molecule has 5 heteroatoms. The number of alkyl halides is 3. The summed E-state index contributed by atoms with van der Waals surface area (Å²) in [6.07, 6.45) is -4.40. The molecule has 0 saturated heterocycles. The molecule has 0 fully saturated rings. The van der Waals surface area contributed by atoms with E-state index in [-0.39, 0.29) is 23.4 Å². The molecule has 1 atom stereocenters. The Hall–Kier alpha value is -1.52. The number of hydrogen-bond acceptors (Lipinski definition) is 1. The highest BCUT2D eigenvalue weighted by Crippen LogP contribution is 2.30. The second-order valence-electron chi connectivity index (χ2n) is 4.60. The van der Waals surface area contributed by atoms with Crippen molar-refractivity contribution >= 4 is 11.6 Å². The molecule has 0 heterocycles. The molecule has 0 aliphatic carbocycles. The third-order valence-electron chi connectivity index (χ3n) is 2.87. The van der Waals surface area contributed by atoms with E-state index < -0.39 is 11.7 Å². The van der Waals surface area contributed by atoms with Crippen LogP contribution in [0.3, 0.4) is 0 Å². The van der Waals surface area contributed by atoms with Crippen molar-refractivity contribution in [3.63, 3.8) is 0 Å². The lowest BCUT2D eigenvalue weighted by Gasteiger charge is -2.16. The number of rotatable bonds is 3. The molecule has 2 nitrogen and oxygen atoms in total. The monoisotopic (exact) mass is 259 g/mol. The fourth-order valence-electron chi connectivity index (χ4n) is 1.33. The molecule has 1 rings (SSSR count). The molecule has 1 amide bonds. The summed E-state index contributed by atoms with van der Waals surface area (Å²) in [5.74, 6) is -0.389. The fourth-order valence-corrected chi connectivity index (χ4v) is 1.33. The number of halogens is 3. The normalized spacial score (nSPS) is 13.5. The van der Waals surface area contributed by atoms with Crippen molar-refractivity contribution in [2.75, 3.05) is 5.32 Å². The highest BCUT2D eigenvalue weighted by molar-refractivity contribution is 5.92. The highest BCUT2D eigenvalue weighted by atomic mass is 19.4. The lowest BCUT2D eigenvalue weighted by molar-refractivity contribution is -0.137. The maximum Gasteiger partial charge on any atom is 0.416 e. The van der Waals surface area contributed by atoms with Gasteiger partial charge in [-0.15, -0.1) is 0 Å². The van der Waals surface area contributed by atoms with E-state index >= 15 is 0 Å². The van der Waals surface area contributed by atoms with Crippen LogP contribution >= 0.6 is 0 Å². The summed E-state index contributed by atoms with van der Waals surface area (Å²) < 4.78 is 37.4. The number of amides is 1. The smallest absolute Gasteiger partial charge is 0.326 e. The largest absolute Gasteiger partial charge is 0.416 e. The lowest BCUT2D eigenvalue weighted by atomic mass is 9.97. The Morgan fingerprint density at radius 3 is 2.33 bits per heavy atom. The SMILES string of the molecule is CC(C)C(C)C(=O)Nc1cccc(C(F)(F)F)c1. The first kappa shape index (κ1) is 14.5. The average Bonchev–Trinajstić information content (AvgIpc) is 2.27. The van der Waals surface area contributed by atoms with Crippen molar-refractivity contribution in [3.05, 3.63) is 29.8 Å². The summed E-state index contributed by atoms with van der Waals surface area (Å²) in [4.78, 5) is 11.7. The molecule has 0 aromatic heterocycles. The summed E-state index contributed by atoms with van der Waals surface area (Å²) in [5.41, 5.74) is -0.597. The maximum atomic E-state index is 12.5. The van der Waals surface area contributed by atoms with Crippen molar-refractivity contribution in [3.8, 4) is 0 Å². The second-order valence-corrected chi connectivity index (χ2v) is 4.60. The summed E-state index contributed by atoms with van der Waals surface area (Å²) in [6, 6.07) is 4.63. The van der Waals surface area contributed by atoms with Gasteiger partial charge in [-0.25, -0.2) is 0 Å². The average molecular weight is 259 g/mol. The molecular weight excluding hydrogens is 243 g/mol. The van der Waals surface area contributed by atoms with Crippen LogP contribution in [-0.4, -0.2) is 5.91 Å². The zero-order valence-corrected chi connectivity index (χ0v) is 10.5. The van der Waals surface area contributed by atoms with Gasteiger partial charge in [0.05, 0.1) is 5.56 Å². The number of anilines is 1. The minimum atomic E-state index is -4.40. The van der Waals surface area contributed by atoms with Crippen LogP contribution in [0, 0.1) is 11.8 Å². The minimum absolute atomic E-state index is 0.135. The van der Waals surface area contributed by atoms with E-state index in [1.165, 1.54) is 12.1 Å². The van der Waals surface area contributed by atoms with E-state index in [1.54, 1.807) is 6.92 Å². The van der Waals surface area contributed by atoms with Gasteiger partial charge in [0.25, 0.3) is 0 Å². The summed E-state index contributed by atoms with van der Waals surface area (Å²) >= 11 is 0. The minimum Gasteiger partial charge on any atom is -0.326 e. The molecule has 1 unspecified atom stereocenters. The lowest BCUT2D eigenvalue weighted by Crippen LogP contribution is -2.24. The summed E-state index contributed by atoms with van der Waals surface area (Å²) in [6.45, 7) is 5.51. The first-order chi connectivity index (χ1) is 8.21. The van der Waals surface area contributed by atoms with Crippen LogP contribution in [-0.2, 0) is 11.0 Å². The van der Waals surface area contributed by atoms with Gasteiger partial charge in [0.15, 0.2) is 0 Å². The molecular formula is C13H16F3NO. The van der Waals surface area contributed by atoms with Gasteiger partial charge in [0.1, 0.15) is 0 Å². The third-order valence-corrected chi connectivity index (χ3v) is 2.87. The Morgan fingerprint density at radius 1 is 1.22 bits per heavy atom. The van der Waals surface area contributed by atoms with Gasteiger partial charge in [-0.1, -0.05) is 26.8 Å². The highest BCUT2D eigenvalue weighted by Gasteiger charge is 2.30. The van der Waals surface area contributed by atoms with E-state index in [0.717, 1.165) is 12.1 Å². The van der Waals surface area contributed by atoms with Crippen molar-refractivity contribution < 1.29 is 18.0 Å². The van der Waals surface area contributed by atoms with Crippen molar-refractivity contribution in [1.29, 1.82) is 0 Å². The van der Waals surface area contributed by atoms with Gasteiger partial charge in [0.2, 0.25) is 5.91 Å². The van der Waals surface area contributed by atoms with Gasteiger partial charge in [0, 0.05) is 11.6 Å². The molecule has 0 spiro atoms. The van der Waals surface area contributed by atoms with Gasteiger partial charge >= 0.3 is 6.18 Å². The molecule has 1 aromatic rings. The molecule has 0 aliphatic rings. The van der Waals surface area contributed by atoms with Crippen LogP contribution in [0.25, 0.3) is 0 Å². The van der Waals surface area contributed by atoms with Crippen LogP contribution < -0.4 is 5.32 Å². The molecule has 0 saturated carbocycles.